The van der Waals surface area contributed by atoms with E-state index in [1.165, 1.54) is 11.8 Å². The molecular formula is C34H33N5O4S2. The van der Waals surface area contributed by atoms with Gasteiger partial charge in [0, 0.05) is 16.6 Å². The summed E-state index contributed by atoms with van der Waals surface area (Å²) in [5.41, 5.74) is 5.76. The number of amides is 2. The minimum atomic E-state index is -0.301. The third-order valence-corrected chi connectivity index (χ3v) is 10.2. The Morgan fingerprint density at radius 1 is 1.00 bits per heavy atom. The molecule has 230 valence electrons. The number of fused-ring (bicyclic) bond motifs is 1. The molecule has 0 radical (unpaired) electrons. The van der Waals surface area contributed by atoms with Crippen LogP contribution >= 0.6 is 23.1 Å². The fraction of sp³-hybridized carbons (Fsp3) is 0.235. The number of carbonyl (C=O) groups is 2. The van der Waals surface area contributed by atoms with Crippen LogP contribution in [0.4, 0.5) is 5.82 Å². The zero-order valence-electron chi connectivity index (χ0n) is 25.4. The van der Waals surface area contributed by atoms with Gasteiger partial charge >= 0.3 is 0 Å². The van der Waals surface area contributed by atoms with Gasteiger partial charge < -0.3 is 14.8 Å². The summed E-state index contributed by atoms with van der Waals surface area (Å²) in [4.78, 5) is 34.5. The fourth-order valence-electron chi connectivity index (χ4n) is 5.48. The Balaban J connectivity index is 1.60. The van der Waals surface area contributed by atoms with E-state index in [-0.39, 0.29) is 35.9 Å². The highest BCUT2D eigenvalue weighted by molar-refractivity contribution is 8.00. The number of nitrogens with one attached hydrogen (secondary N) is 1. The van der Waals surface area contributed by atoms with Gasteiger partial charge in [0.15, 0.2) is 0 Å². The summed E-state index contributed by atoms with van der Waals surface area (Å²) in [5, 5.41) is 9.98. The molecule has 4 heterocycles. The van der Waals surface area contributed by atoms with Crippen LogP contribution in [0.5, 0.6) is 11.5 Å². The number of hydrogen-bond acceptors (Lipinski definition) is 8. The Morgan fingerprint density at radius 2 is 1.78 bits per heavy atom. The van der Waals surface area contributed by atoms with Crippen LogP contribution < -0.4 is 19.7 Å². The standard InChI is InChI=1S/C34H33N5O4S2/c1-21-10-7-12-24(22(21)2)39-34-31(32(37-39)30-25(42-3)13-8-14-26(30)43-4)33(27-15-9-17-44-27)45-20-29(41)38(34)19-28(40)36-18-23-11-5-6-16-35-23/h5-17,33H,18-20H2,1-4H3,(H,36,40). The Labute approximate surface area is 270 Å². The molecule has 0 spiro atoms. The van der Waals surface area contributed by atoms with Gasteiger partial charge in [-0.3, -0.25) is 19.5 Å². The van der Waals surface area contributed by atoms with Crippen molar-refractivity contribution in [2.45, 2.75) is 25.6 Å². The van der Waals surface area contributed by atoms with Crippen molar-refractivity contribution in [3.05, 3.63) is 106 Å². The fourth-order valence-corrected chi connectivity index (χ4v) is 7.65. The van der Waals surface area contributed by atoms with Gasteiger partial charge in [0.2, 0.25) is 11.8 Å². The zero-order chi connectivity index (χ0) is 31.5. The molecule has 5 aromatic rings. The van der Waals surface area contributed by atoms with Crippen LogP contribution in [0.25, 0.3) is 16.9 Å². The minimum Gasteiger partial charge on any atom is -0.496 e. The van der Waals surface area contributed by atoms with Crippen molar-refractivity contribution in [1.29, 1.82) is 0 Å². The molecule has 0 fully saturated rings. The number of aryl methyl sites for hydroxylation is 1. The summed E-state index contributed by atoms with van der Waals surface area (Å²) < 4.78 is 13.5. The van der Waals surface area contributed by atoms with Crippen molar-refractivity contribution in [2.75, 3.05) is 31.4 Å². The SMILES string of the molecule is COc1cccc(OC)c1-c1nn(-c2cccc(C)c2C)c2c1C(c1cccs1)SCC(=O)N2CC(=O)NCc1ccccn1. The lowest BCUT2D eigenvalue weighted by Crippen LogP contribution is -2.42. The van der Waals surface area contributed by atoms with Crippen LogP contribution in [0.2, 0.25) is 0 Å². The number of hydrogen-bond donors (Lipinski definition) is 1. The van der Waals surface area contributed by atoms with E-state index in [1.54, 1.807) is 36.7 Å². The van der Waals surface area contributed by atoms with Gasteiger partial charge in [-0.2, -0.15) is 5.10 Å². The molecule has 0 saturated heterocycles. The monoisotopic (exact) mass is 639 g/mol. The lowest BCUT2D eigenvalue weighted by atomic mass is 10.0. The zero-order valence-corrected chi connectivity index (χ0v) is 27.1. The maximum absolute atomic E-state index is 14.1. The molecule has 1 N–H and O–H groups in total. The molecule has 2 aromatic carbocycles. The van der Waals surface area contributed by atoms with E-state index in [0.717, 1.165) is 32.9 Å². The summed E-state index contributed by atoms with van der Waals surface area (Å²) in [6.45, 7) is 4.15. The Hall–Kier alpha value is -4.61. The number of carbonyl (C=O) groups excluding carboxylic acids is 2. The van der Waals surface area contributed by atoms with Crippen molar-refractivity contribution in [3.8, 4) is 28.4 Å². The molecule has 0 saturated carbocycles. The average molecular weight is 640 g/mol. The highest BCUT2D eigenvalue weighted by Crippen LogP contribution is 2.52. The quantitative estimate of drug-likeness (QED) is 0.208. The average Bonchev–Trinajstić information content (AvgIpc) is 3.70. The second-order valence-electron chi connectivity index (χ2n) is 10.5. The predicted octanol–water partition coefficient (Wildman–Crippen LogP) is 6.12. The number of thioether (sulfide) groups is 1. The first-order valence-electron chi connectivity index (χ1n) is 14.4. The molecule has 3 aromatic heterocycles. The first-order valence-corrected chi connectivity index (χ1v) is 16.4. The molecule has 0 aliphatic carbocycles. The number of benzene rings is 2. The van der Waals surface area contributed by atoms with Crippen LogP contribution in [0.3, 0.4) is 0 Å². The van der Waals surface area contributed by atoms with E-state index in [0.29, 0.717) is 28.6 Å². The van der Waals surface area contributed by atoms with E-state index in [4.69, 9.17) is 14.6 Å². The highest BCUT2D eigenvalue weighted by Gasteiger charge is 2.39. The van der Waals surface area contributed by atoms with Crippen molar-refractivity contribution in [3.63, 3.8) is 0 Å². The van der Waals surface area contributed by atoms with Gasteiger partial charge in [-0.1, -0.05) is 30.3 Å². The van der Waals surface area contributed by atoms with Gasteiger partial charge in [-0.05, 0) is 66.8 Å². The third-order valence-electron chi connectivity index (χ3n) is 7.85. The number of nitrogens with zero attached hydrogens (tertiary/aromatic N) is 4. The van der Waals surface area contributed by atoms with E-state index in [9.17, 15) is 9.59 Å². The van der Waals surface area contributed by atoms with Crippen LogP contribution in [-0.2, 0) is 16.1 Å². The molecule has 9 nitrogen and oxygen atoms in total. The van der Waals surface area contributed by atoms with Crippen molar-refractivity contribution in [1.82, 2.24) is 20.1 Å². The molecule has 45 heavy (non-hydrogen) atoms. The summed E-state index contributed by atoms with van der Waals surface area (Å²) in [6.07, 6.45) is 1.68. The van der Waals surface area contributed by atoms with Crippen molar-refractivity contribution in [2.24, 2.45) is 0 Å². The molecule has 11 heteroatoms. The highest BCUT2D eigenvalue weighted by atomic mass is 32.2. The number of aromatic nitrogens is 3. The van der Waals surface area contributed by atoms with Gasteiger partial charge in [0.05, 0.1) is 48.7 Å². The number of methoxy groups -OCH3 is 2. The third kappa shape index (κ3) is 5.93. The first-order chi connectivity index (χ1) is 21.9. The largest absolute Gasteiger partial charge is 0.496 e. The summed E-state index contributed by atoms with van der Waals surface area (Å²) in [6, 6.07) is 21.3. The molecule has 1 aliphatic rings. The normalized spacial score (nSPS) is 14.5. The minimum absolute atomic E-state index is 0.181. The predicted molar refractivity (Wildman–Crippen MR) is 179 cm³/mol. The Morgan fingerprint density at radius 3 is 2.47 bits per heavy atom. The molecule has 1 aliphatic heterocycles. The van der Waals surface area contributed by atoms with Gasteiger partial charge in [-0.15, -0.1) is 23.1 Å². The molecule has 6 rings (SSSR count). The molecule has 1 atom stereocenters. The van der Waals surface area contributed by atoms with Gasteiger partial charge in [-0.25, -0.2) is 4.68 Å². The number of pyridine rings is 1. The summed E-state index contributed by atoms with van der Waals surface area (Å²) in [7, 11) is 3.23. The summed E-state index contributed by atoms with van der Waals surface area (Å²) in [5.74, 6) is 1.43. The lowest BCUT2D eigenvalue weighted by Gasteiger charge is -2.24. The lowest BCUT2D eigenvalue weighted by molar-refractivity contribution is -0.123. The van der Waals surface area contributed by atoms with Gasteiger partial charge in [0.25, 0.3) is 0 Å². The van der Waals surface area contributed by atoms with Crippen molar-refractivity contribution < 1.29 is 19.1 Å². The first kappa shape index (κ1) is 30.4. The second-order valence-corrected chi connectivity index (χ2v) is 12.6. The second kappa shape index (κ2) is 13.2. The number of thiophene rings is 1. The molecule has 0 bridgehead atoms. The maximum atomic E-state index is 14.1. The van der Waals surface area contributed by atoms with Crippen molar-refractivity contribution >= 4 is 40.7 Å². The number of anilines is 1. The van der Waals surface area contributed by atoms with E-state index < -0.39 is 0 Å². The smallest absolute Gasteiger partial charge is 0.240 e. The maximum Gasteiger partial charge on any atom is 0.240 e. The molecule has 2 amide bonds. The van der Waals surface area contributed by atoms with Crippen LogP contribution in [0.15, 0.2) is 78.3 Å². The van der Waals surface area contributed by atoms with Crippen LogP contribution in [-0.4, -0.2) is 53.1 Å². The van der Waals surface area contributed by atoms with Crippen LogP contribution in [0.1, 0.15) is 32.5 Å². The van der Waals surface area contributed by atoms with E-state index >= 15 is 0 Å². The molecule has 1 unspecified atom stereocenters. The Bertz CT molecular complexity index is 1820. The number of rotatable bonds is 9. The molecular weight excluding hydrogens is 607 g/mol. The van der Waals surface area contributed by atoms with Gasteiger partial charge in [0.1, 0.15) is 29.6 Å². The Kier molecular flexibility index (Phi) is 8.90. The van der Waals surface area contributed by atoms with E-state index in [2.05, 4.69) is 16.4 Å². The van der Waals surface area contributed by atoms with E-state index in [1.807, 2.05) is 84.6 Å². The summed E-state index contributed by atoms with van der Waals surface area (Å²) >= 11 is 3.15. The number of ether oxygens (including phenoxy) is 2. The topological polar surface area (TPSA) is 98.6 Å². The van der Waals surface area contributed by atoms with Crippen LogP contribution in [0, 0.1) is 13.8 Å².